The number of carbonyl (C=O) groups is 2. The third-order valence-corrected chi connectivity index (χ3v) is 4.33. The van der Waals surface area contributed by atoms with Crippen LogP contribution in [0.15, 0.2) is 36.7 Å². The van der Waals surface area contributed by atoms with Crippen LogP contribution >= 0.6 is 0 Å². The normalized spacial score (nSPS) is 20.0. The van der Waals surface area contributed by atoms with Crippen LogP contribution in [0, 0.1) is 17.7 Å². The van der Waals surface area contributed by atoms with Gasteiger partial charge in [0, 0.05) is 24.2 Å². The van der Waals surface area contributed by atoms with Crippen LogP contribution in [0.5, 0.6) is 0 Å². The second kappa shape index (κ2) is 6.82. The van der Waals surface area contributed by atoms with Gasteiger partial charge in [-0.15, -0.1) is 0 Å². The Bertz CT molecular complexity index is 759. The molecule has 126 valence electrons. The summed E-state index contributed by atoms with van der Waals surface area (Å²) in [6, 6.07) is 6.08. The molecule has 24 heavy (non-hydrogen) atoms. The summed E-state index contributed by atoms with van der Waals surface area (Å²) in [5.74, 6) is -1.97. The molecule has 1 fully saturated rings. The van der Waals surface area contributed by atoms with Crippen LogP contribution < -0.4 is 5.32 Å². The lowest BCUT2D eigenvalue weighted by molar-refractivity contribution is -0.141. The number of aromatic nitrogens is 2. The minimum absolute atomic E-state index is 0.128. The predicted molar refractivity (Wildman–Crippen MR) is 83.8 cm³/mol. The lowest BCUT2D eigenvalue weighted by Gasteiger charge is -2.09. The van der Waals surface area contributed by atoms with Gasteiger partial charge < -0.3 is 10.4 Å². The van der Waals surface area contributed by atoms with Crippen LogP contribution in [0.25, 0.3) is 5.69 Å². The standard InChI is InChI=1S/C17H18FN3O3/c18-14-2-1-3-15(7-14)21-10-11(9-20-21)8-19-16(22)12-4-5-13(6-12)17(23)24/h1-3,7,9-10,12-13H,4-6,8H2,(H,19,22)(H,23,24)/t12-,13+/m0/s1. The van der Waals surface area contributed by atoms with Crippen molar-refractivity contribution in [2.45, 2.75) is 25.8 Å². The first-order valence-electron chi connectivity index (χ1n) is 7.83. The summed E-state index contributed by atoms with van der Waals surface area (Å²) >= 11 is 0. The van der Waals surface area contributed by atoms with Crippen molar-refractivity contribution in [3.8, 4) is 5.69 Å². The summed E-state index contributed by atoms with van der Waals surface area (Å²) < 4.78 is 14.8. The van der Waals surface area contributed by atoms with Crippen LogP contribution in [0.3, 0.4) is 0 Å². The van der Waals surface area contributed by atoms with Gasteiger partial charge in [0.2, 0.25) is 5.91 Å². The highest BCUT2D eigenvalue weighted by Crippen LogP contribution is 2.31. The number of aliphatic carboxylic acids is 1. The number of nitrogens with zero attached hydrogens (tertiary/aromatic N) is 2. The Kier molecular flexibility index (Phi) is 4.59. The lowest BCUT2D eigenvalue weighted by Crippen LogP contribution is -2.29. The summed E-state index contributed by atoms with van der Waals surface area (Å²) in [7, 11) is 0. The first-order chi connectivity index (χ1) is 11.5. The highest BCUT2D eigenvalue weighted by atomic mass is 19.1. The number of hydrogen-bond donors (Lipinski definition) is 2. The molecule has 1 heterocycles. The second-order valence-corrected chi connectivity index (χ2v) is 6.04. The van der Waals surface area contributed by atoms with Crippen molar-refractivity contribution in [1.82, 2.24) is 15.1 Å². The van der Waals surface area contributed by atoms with E-state index in [0.29, 0.717) is 31.5 Å². The monoisotopic (exact) mass is 331 g/mol. The molecule has 1 aromatic carbocycles. The molecule has 1 aromatic heterocycles. The number of amides is 1. The van der Waals surface area contributed by atoms with E-state index < -0.39 is 11.9 Å². The maximum absolute atomic E-state index is 13.2. The van der Waals surface area contributed by atoms with Crippen molar-refractivity contribution in [2.75, 3.05) is 0 Å². The molecular formula is C17H18FN3O3. The average Bonchev–Trinajstić information content (AvgIpc) is 3.22. The van der Waals surface area contributed by atoms with Crippen LogP contribution in [0.4, 0.5) is 4.39 Å². The van der Waals surface area contributed by atoms with E-state index in [9.17, 15) is 14.0 Å². The zero-order valence-corrected chi connectivity index (χ0v) is 13.0. The van der Waals surface area contributed by atoms with Crippen molar-refractivity contribution in [2.24, 2.45) is 11.8 Å². The van der Waals surface area contributed by atoms with Gasteiger partial charge in [-0.25, -0.2) is 9.07 Å². The van der Waals surface area contributed by atoms with Gasteiger partial charge in [0.05, 0.1) is 17.8 Å². The molecule has 2 N–H and O–H groups in total. The van der Waals surface area contributed by atoms with Gasteiger partial charge in [0.15, 0.2) is 0 Å². The smallest absolute Gasteiger partial charge is 0.306 e. The lowest BCUT2D eigenvalue weighted by atomic mass is 10.0. The van der Waals surface area contributed by atoms with Crippen LogP contribution in [0.1, 0.15) is 24.8 Å². The van der Waals surface area contributed by atoms with Gasteiger partial charge in [-0.2, -0.15) is 5.10 Å². The first kappa shape index (κ1) is 16.2. The fraction of sp³-hybridized carbons (Fsp3) is 0.353. The topological polar surface area (TPSA) is 84.2 Å². The van der Waals surface area contributed by atoms with Gasteiger partial charge in [0.1, 0.15) is 5.82 Å². The molecule has 0 bridgehead atoms. The van der Waals surface area contributed by atoms with Crippen LogP contribution in [-0.2, 0) is 16.1 Å². The Balaban J connectivity index is 1.56. The van der Waals surface area contributed by atoms with E-state index in [1.165, 1.54) is 12.1 Å². The molecule has 0 radical (unpaired) electrons. The van der Waals surface area contributed by atoms with Crippen molar-refractivity contribution in [3.63, 3.8) is 0 Å². The van der Waals surface area contributed by atoms with Gasteiger partial charge in [-0.1, -0.05) is 6.07 Å². The Morgan fingerprint density at radius 1 is 1.33 bits per heavy atom. The Hall–Kier alpha value is -2.70. The molecule has 1 amide bonds. The fourth-order valence-electron chi connectivity index (χ4n) is 2.99. The number of rotatable bonds is 5. The maximum atomic E-state index is 13.2. The Labute approximate surface area is 138 Å². The SMILES string of the molecule is O=C(O)[C@@H]1CC[C@H](C(=O)NCc2cnn(-c3cccc(F)c3)c2)C1. The molecule has 0 spiro atoms. The quantitative estimate of drug-likeness (QED) is 0.879. The predicted octanol–water partition coefficient (Wildman–Crippen LogP) is 2.13. The molecule has 1 aliphatic rings. The highest BCUT2D eigenvalue weighted by molar-refractivity contribution is 5.80. The van der Waals surface area contributed by atoms with E-state index in [0.717, 1.165) is 5.56 Å². The van der Waals surface area contributed by atoms with Gasteiger partial charge in [-0.3, -0.25) is 9.59 Å². The molecule has 1 aliphatic carbocycles. The summed E-state index contributed by atoms with van der Waals surface area (Å²) in [6.07, 6.45) is 4.88. The van der Waals surface area contributed by atoms with Gasteiger partial charge >= 0.3 is 5.97 Å². The Morgan fingerprint density at radius 3 is 2.83 bits per heavy atom. The summed E-state index contributed by atoms with van der Waals surface area (Å²) in [5, 5.41) is 16.0. The average molecular weight is 331 g/mol. The largest absolute Gasteiger partial charge is 0.481 e. The van der Waals surface area contributed by atoms with E-state index in [1.54, 1.807) is 29.2 Å². The highest BCUT2D eigenvalue weighted by Gasteiger charge is 2.33. The number of carboxylic acid groups (broad SMARTS) is 1. The second-order valence-electron chi connectivity index (χ2n) is 6.04. The summed E-state index contributed by atoms with van der Waals surface area (Å²) in [6.45, 7) is 0.308. The van der Waals surface area contributed by atoms with E-state index in [2.05, 4.69) is 10.4 Å². The molecule has 2 atom stereocenters. The fourth-order valence-corrected chi connectivity index (χ4v) is 2.99. The molecule has 0 aliphatic heterocycles. The summed E-state index contributed by atoms with van der Waals surface area (Å²) in [5.41, 5.74) is 1.40. The van der Waals surface area contributed by atoms with Crippen molar-refractivity contribution in [1.29, 1.82) is 0 Å². The minimum atomic E-state index is -0.832. The van der Waals surface area contributed by atoms with Gasteiger partial charge in [0.25, 0.3) is 0 Å². The van der Waals surface area contributed by atoms with Gasteiger partial charge in [-0.05, 0) is 37.5 Å². The molecule has 0 saturated heterocycles. The number of carbonyl (C=O) groups excluding carboxylic acids is 1. The number of benzene rings is 1. The van der Waals surface area contributed by atoms with Crippen LogP contribution in [0.2, 0.25) is 0 Å². The zero-order chi connectivity index (χ0) is 17.1. The molecule has 6 nitrogen and oxygen atoms in total. The molecule has 7 heteroatoms. The zero-order valence-electron chi connectivity index (χ0n) is 13.0. The third-order valence-electron chi connectivity index (χ3n) is 4.33. The van der Waals surface area contributed by atoms with E-state index in [-0.39, 0.29) is 17.6 Å². The molecule has 1 saturated carbocycles. The molecule has 3 rings (SSSR count). The number of hydrogen-bond acceptors (Lipinski definition) is 3. The van der Waals surface area contributed by atoms with Crippen molar-refractivity contribution in [3.05, 3.63) is 48.0 Å². The number of carboxylic acids is 1. The minimum Gasteiger partial charge on any atom is -0.481 e. The molecule has 0 unspecified atom stereocenters. The van der Waals surface area contributed by atoms with Crippen molar-refractivity contribution >= 4 is 11.9 Å². The third kappa shape index (κ3) is 3.61. The Morgan fingerprint density at radius 2 is 2.12 bits per heavy atom. The number of nitrogens with one attached hydrogen (secondary N) is 1. The van der Waals surface area contributed by atoms with Crippen LogP contribution in [-0.4, -0.2) is 26.8 Å². The van der Waals surface area contributed by atoms with E-state index in [4.69, 9.17) is 5.11 Å². The molecular weight excluding hydrogens is 313 g/mol. The molecule has 2 aromatic rings. The first-order valence-corrected chi connectivity index (χ1v) is 7.83. The number of halogens is 1. The maximum Gasteiger partial charge on any atom is 0.306 e. The van der Waals surface area contributed by atoms with E-state index in [1.807, 2.05) is 0 Å². The van der Waals surface area contributed by atoms with E-state index >= 15 is 0 Å². The van der Waals surface area contributed by atoms with Crippen molar-refractivity contribution < 1.29 is 19.1 Å². The summed E-state index contributed by atoms with van der Waals surface area (Å²) in [4.78, 5) is 23.1.